The van der Waals surface area contributed by atoms with Crippen molar-refractivity contribution in [3.8, 4) is 0 Å². The minimum Gasteiger partial charge on any atom is -0.461 e. The predicted molar refractivity (Wildman–Crippen MR) is 114 cm³/mol. The minimum absolute atomic E-state index is 0.148. The first-order valence-corrected chi connectivity index (χ1v) is 12.1. The summed E-state index contributed by atoms with van der Waals surface area (Å²) in [6, 6.07) is 13.0. The van der Waals surface area contributed by atoms with Gasteiger partial charge in [0, 0.05) is 0 Å². The van der Waals surface area contributed by atoms with Gasteiger partial charge in [0.25, 0.3) is 0 Å². The van der Waals surface area contributed by atoms with E-state index in [4.69, 9.17) is 4.74 Å². The molecule has 1 saturated carbocycles. The molecule has 1 fully saturated rings. The maximum atomic E-state index is 13.4. The van der Waals surface area contributed by atoms with Crippen LogP contribution in [0.3, 0.4) is 0 Å². The SMILES string of the molecule is CC1=CC[C@H](C(=O)O[C@@H]2CCCC[C@H]2S(=O)(=O)c2ccc3ccccc3c2)CC1. The molecule has 0 saturated heterocycles. The van der Waals surface area contributed by atoms with Gasteiger partial charge in [-0.1, -0.05) is 48.4 Å². The van der Waals surface area contributed by atoms with Crippen molar-refractivity contribution in [3.63, 3.8) is 0 Å². The summed E-state index contributed by atoms with van der Waals surface area (Å²) < 4.78 is 32.7. The first kappa shape index (κ1) is 20.1. The maximum Gasteiger partial charge on any atom is 0.309 e. The fraction of sp³-hybridized carbons (Fsp3) is 0.458. The highest BCUT2D eigenvalue weighted by atomic mass is 32.2. The van der Waals surface area contributed by atoms with E-state index in [2.05, 4.69) is 13.0 Å². The monoisotopic (exact) mass is 412 g/mol. The minimum atomic E-state index is -3.58. The lowest BCUT2D eigenvalue weighted by atomic mass is 9.90. The Morgan fingerprint density at radius 2 is 1.76 bits per heavy atom. The van der Waals surface area contributed by atoms with E-state index in [1.165, 1.54) is 5.57 Å². The highest BCUT2D eigenvalue weighted by molar-refractivity contribution is 7.92. The number of carbonyl (C=O) groups excluding carboxylic acids is 1. The van der Waals surface area contributed by atoms with Crippen LogP contribution in [0.5, 0.6) is 0 Å². The van der Waals surface area contributed by atoms with Crippen LogP contribution in [0.1, 0.15) is 51.9 Å². The maximum absolute atomic E-state index is 13.4. The molecule has 2 aliphatic carbocycles. The Morgan fingerprint density at radius 1 is 1.00 bits per heavy atom. The molecule has 2 aromatic rings. The third kappa shape index (κ3) is 4.25. The number of allylic oxidation sites excluding steroid dienone is 2. The molecular weight excluding hydrogens is 384 g/mol. The second kappa shape index (κ2) is 8.31. The molecule has 2 aromatic carbocycles. The van der Waals surface area contributed by atoms with E-state index in [1.807, 2.05) is 30.3 Å². The van der Waals surface area contributed by atoms with Crippen LogP contribution >= 0.6 is 0 Å². The number of hydrogen-bond acceptors (Lipinski definition) is 4. The molecule has 4 rings (SSSR count). The van der Waals surface area contributed by atoms with Gasteiger partial charge in [0.15, 0.2) is 9.84 Å². The van der Waals surface area contributed by atoms with Crippen molar-refractivity contribution in [2.24, 2.45) is 5.92 Å². The summed E-state index contributed by atoms with van der Waals surface area (Å²) >= 11 is 0. The van der Waals surface area contributed by atoms with Crippen LogP contribution in [0.25, 0.3) is 10.8 Å². The molecule has 154 valence electrons. The number of benzene rings is 2. The van der Waals surface area contributed by atoms with Gasteiger partial charge in [-0.25, -0.2) is 8.42 Å². The highest BCUT2D eigenvalue weighted by Crippen LogP contribution is 2.33. The van der Waals surface area contributed by atoms with Crippen LogP contribution in [0.4, 0.5) is 0 Å². The van der Waals surface area contributed by atoms with Crippen molar-refractivity contribution in [2.75, 3.05) is 0 Å². The molecule has 0 bridgehead atoms. The van der Waals surface area contributed by atoms with E-state index >= 15 is 0 Å². The number of carbonyl (C=O) groups is 1. The third-order valence-corrected chi connectivity index (χ3v) is 8.58. The Kier molecular flexibility index (Phi) is 5.77. The first-order chi connectivity index (χ1) is 13.9. The Hall–Kier alpha value is -2.14. The summed E-state index contributed by atoms with van der Waals surface area (Å²) in [4.78, 5) is 13.0. The van der Waals surface area contributed by atoms with Gasteiger partial charge in [-0.15, -0.1) is 0 Å². The molecule has 29 heavy (non-hydrogen) atoms. The number of sulfone groups is 1. The van der Waals surface area contributed by atoms with Crippen LogP contribution in [0.2, 0.25) is 0 Å². The number of fused-ring (bicyclic) bond motifs is 1. The van der Waals surface area contributed by atoms with Crippen molar-refractivity contribution >= 4 is 26.6 Å². The number of rotatable bonds is 4. The van der Waals surface area contributed by atoms with Gasteiger partial charge in [-0.3, -0.25) is 4.79 Å². The van der Waals surface area contributed by atoms with Crippen LogP contribution in [0, 0.1) is 5.92 Å². The molecular formula is C24H28O4S. The van der Waals surface area contributed by atoms with Crippen molar-refractivity contribution < 1.29 is 17.9 Å². The van der Waals surface area contributed by atoms with Crippen molar-refractivity contribution in [1.29, 1.82) is 0 Å². The average Bonchev–Trinajstić information content (AvgIpc) is 2.74. The van der Waals surface area contributed by atoms with Crippen LogP contribution in [-0.2, 0) is 19.4 Å². The largest absolute Gasteiger partial charge is 0.461 e. The molecule has 4 nitrogen and oxygen atoms in total. The first-order valence-electron chi connectivity index (χ1n) is 10.5. The van der Waals surface area contributed by atoms with Gasteiger partial charge in [0.1, 0.15) is 11.4 Å². The van der Waals surface area contributed by atoms with Gasteiger partial charge >= 0.3 is 5.97 Å². The van der Waals surface area contributed by atoms with Crippen molar-refractivity contribution in [1.82, 2.24) is 0 Å². The third-order valence-electron chi connectivity index (χ3n) is 6.33. The molecule has 0 aliphatic heterocycles. The predicted octanol–water partition coefficient (Wildman–Crippen LogP) is 5.21. The van der Waals surface area contributed by atoms with E-state index in [-0.39, 0.29) is 11.9 Å². The molecule has 0 unspecified atom stereocenters. The van der Waals surface area contributed by atoms with Crippen LogP contribution < -0.4 is 0 Å². The molecule has 3 atom stereocenters. The zero-order valence-electron chi connectivity index (χ0n) is 16.8. The topological polar surface area (TPSA) is 60.4 Å². The molecule has 0 aromatic heterocycles. The Balaban J connectivity index is 1.56. The lowest BCUT2D eigenvalue weighted by molar-refractivity contribution is -0.155. The van der Waals surface area contributed by atoms with Gasteiger partial charge < -0.3 is 4.74 Å². The molecule has 0 amide bonds. The van der Waals surface area contributed by atoms with Crippen molar-refractivity contribution in [3.05, 3.63) is 54.1 Å². The van der Waals surface area contributed by atoms with Crippen molar-refractivity contribution in [2.45, 2.75) is 68.1 Å². The van der Waals surface area contributed by atoms with Crippen LogP contribution in [-0.4, -0.2) is 25.7 Å². The Morgan fingerprint density at radius 3 is 2.52 bits per heavy atom. The molecule has 0 N–H and O–H groups in total. The number of esters is 1. The van der Waals surface area contributed by atoms with Gasteiger partial charge in [-0.05, 0) is 68.4 Å². The smallest absolute Gasteiger partial charge is 0.309 e. The van der Waals surface area contributed by atoms with E-state index in [0.29, 0.717) is 24.2 Å². The summed E-state index contributed by atoms with van der Waals surface area (Å²) in [6.45, 7) is 2.08. The van der Waals surface area contributed by atoms with E-state index in [0.717, 1.165) is 36.5 Å². The zero-order chi connectivity index (χ0) is 20.4. The summed E-state index contributed by atoms with van der Waals surface area (Å²) in [5.41, 5.74) is 1.31. The molecule has 0 heterocycles. The summed E-state index contributed by atoms with van der Waals surface area (Å²) in [5, 5.41) is 1.25. The summed E-state index contributed by atoms with van der Waals surface area (Å²) in [5.74, 6) is -0.385. The lowest BCUT2D eigenvalue weighted by Gasteiger charge is -2.32. The Labute approximate surface area is 172 Å². The lowest BCUT2D eigenvalue weighted by Crippen LogP contribution is -2.41. The quantitative estimate of drug-likeness (QED) is 0.511. The van der Waals surface area contributed by atoms with Gasteiger partial charge in [-0.2, -0.15) is 0 Å². The second-order valence-corrected chi connectivity index (χ2v) is 10.5. The van der Waals surface area contributed by atoms with Gasteiger partial charge in [0.05, 0.1) is 10.8 Å². The standard InChI is InChI=1S/C24H28O4S/c1-17-10-12-19(13-11-17)24(25)28-22-8-4-5-9-23(22)29(26,27)21-15-14-18-6-2-3-7-20(18)16-21/h2-3,6-7,10,14-16,19,22-23H,4-5,8-9,11-13H2,1H3/t19-,22+,23+/m0/s1. The molecule has 0 spiro atoms. The number of hydrogen-bond donors (Lipinski definition) is 0. The molecule has 5 heteroatoms. The summed E-state index contributed by atoms with van der Waals surface area (Å²) in [7, 11) is -3.58. The van der Waals surface area contributed by atoms with Gasteiger partial charge in [0.2, 0.25) is 0 Å². The molecule has 0 radical (unpaired) electrons. The molecule has 2 aliphatic rings. The highest BCUT2D eigenvalue weighted by Gasteiger charge is 2.40. The normalized spacial score (nSPS) is 25.4. The van der Waals surface area contributed by atoms with E-state index in [9.17, 15) is 13.2 Å². The fourth-order valence-corrected chi connectivity index (χ4v) is 6.46. The second-order valence-electron chi connectivity index (χ2n) is 8.37. The van der Waals surface area contributed by atoms with E-state index in [1.54, 1.807) is 12.1 Å². The Bertz CT molecular complexity index is 1040. The van der Waals surface area contributed by atoms with Crippen LogP contribution in [0.15, 0.2) is 59.0 Å². The fourth-order valence-electron chi connectivity index (χ4n) is 4.50. The zero-order valence-corrected chi connectivity index (χ0v) is 17.7. The average molecular weight is 413 g/mol. The number of ether oxygens (including phenoxy) is 1. The summed E-state index contributed by atoms with van der Waals surface area (Å²) in [6.07, 6.45) is 6.82. The van der Waals surface area contributed by atoms with E-state index < -0.39 is 21.2 Å².